The van der Waals surface area contributed by atoms with E-state index in [1.807, 2.05) is 16.8 Å². The third-order valence-electron chi connectivity index (χ3n) is 2.43. The van der Waals surface area contributed by atoms with Crippen LogP contribution in [0.2, 0.25) is 0 Å². The van der Waals surface area contributed by atoms with Gasteiger partial charge in [0.25, 0.3) is 10.0 Å². The summed E-state index contributed by atoms with van der Waals surface area (Å²) >= 11 is 1.51. The number of nitrogens with one attached hydrogen (secondary N) is 1. The predicted molar refractivity (Wildman–Crippen MR) is 67.7 cm³/mol. The van der Waals surface area contributed by atoms with E-state index in [1.54, 1.807) is 6.92 Å². The van der Waals surface area contributed by atoms with Crippen molar-refractivity contribution in [2.75, 3.05) is 0 Å². The second kappa shape index (κ2) is 5.23. The monoisotopic (exact) mass is 287 g/mol. The normalized spacial score (nSPS) is 13.7. The standard InChI is InChI=1S/C11H13NO4S2/c1-8(9-4-5-17-7-9)12-18(14,15)11-3-2-10(6-13)16-11/h2-5,7-8,12-13H,6H2,1H3. The van der Waals surface area contributed by atoms with Crippen LogP contribution in [0.15, 0.2) is 38.5 Å². The number of aliphatic hydroxyl groups is 1. The average molecular weight is 287 g/mol. The van der Waals surface area contributed by atoms with Gasteiger partial charge in [-0.25, -0.2) is 13.1 Å². The molecule has 0 aliphatic rings. The van der Waals surface area contributed by atoms with Crippen molar-refractivity contribution in [1.82, 2.24) is 4.72 Å². The van der Waals surface area contributed by atoms with Crippen LogP contribution in [0, 0.1) is 0 Å². The SMILES string of the molecule is CC(NS(=O)(=O)c1ccc(CO)o1)c1ccsc1. The fourth-order valence-electron chi connectivity index (χ4n) is 1.47. The van der Waals surface area contributed by atoms with Crippen molar-refractivity contribution in [1.29, 1.82) is 0 Å². The molecule has 0 aliphatic heterocycles. The molecule has 0 amide bonds. The Morgan fingerprint density at radius 2 is 2.22 bits per heavy atom. The maximum atomic E-state index is 12.0. The smallest absolute Gasteiger partial charge is 0.274 e. The molecule has 0 spiro atoms. The molecular formula is C11H13NO4S2. The maximum absolute atomic E-state index is 12.0. The van der Waals surface area contributed by atoms with Crippen LogP contribution in [-0.4, -0.2) is 13.5 Å². The summed E-state index contributed by atoms with van der Waals surface area (Å²) in [5, 5.41) is 12.4. The molecule has 2 N–H and O–H groups in total. The molecule has 2 heterocycles. The molecule has 0 saturated carbocycles. The van der Waals surface area contributed by atoms with Gasteiger partial charge in [0.05, 0.1) is 0 Å². The van der Waals surface area contributed by atoms with Crippen LogP contribution < -0.4 is 4.72 Å². The van der Waals surface area contributed by atoms with Gasteiger partial charge in [0.2, 0.25) is 5.09 Å². The second-order valence-corrected chi connectivity index (χ2v) is 6.20. The molecule has 0 radical (unpaired) electrons. The molecule has 1 unspecified atom stereocenters. The van der Waals surface area contributed by atoms with Crippen LogP contribution in [0.25, 0.3) is 0 Å². The van der Waals surface area contributed by atoms with Gasteiger partial charge in [-0.1, -0.05) is 0 Å². The van der Waals surface area contributed by atoms with Crippen LogP contribution in [0.4, 0.5) is 0 Å². The van der Waals surface area contributed by atoms with E-state index in [2.05, 4.69) is 4.72 Å². The van der Waals surface area contributed by atoms with Crippen LogP contribution in [-0.2, 0) is 16.6 Å². The molecule has 0 bridgehead atoms. The van der Waals surface area contributed by atoms with Gasteiger partial charge in [-0.3, -0.25) is 0 Å². The molecule has 0 saturated heterocycles. The third kappa shape index (κ3) is 2.81. The fourth-order valence-corrected chi connectivity index (χ4v) is 3.40. The van der Waals surface area contributed by atoms with Gasteiger partial charge in [0.15, 0.2) is 0 Å². The Kier molecular flexibility index (Phi) is 3.86. The molecule has 2 aromatic rings. The number of hydrogen-bond donors (Lipinski definition) is 2. The number of rotatable bonds is 5. The van der Waals surface area contributed by atoms with Crippen molar-refractivity contribution < 1.29 is 17.9 Å². The molecule has 1 atom stereocenters. The number of thiophene rings is 1. The summed E-state index contributed by atoms with van der Waals surface area (Å²) in [6.07, 6.45) is 0. The molecule has 2 aromatic heterocycles. The van der Waals surface area contributed by atoms with Gasteiger partial charge >= 0.3 is 0 Å². The highest BCUT2D eigenvalue weighted by atomic mass is 32.2. The topological polar surface area (TPSA) is 79.5 Å². The minimum Gasteiger partial charge on any atom is -0.446 e. The van der Waals surface area contributed by atoms with Gasteiger partial charge in [-0.2, -0.15) is 11.3 Å². The molecule has 0 aromatic carbocycles. The van der Waals surface area contributed by atoms with E-state index in [-0.39, 0.29) is 23.5 Å². The number of hydrogen-bond acceptors (Lipinski definition) is 5. The lowest BCUT2D eigenvalue weighted by molar-refractivity contribution is 0.236. The zero-order valence-electron chi connectivity index (χ0n) is 9.66. The van der Waals surface area contributed by atoms with Crippen LogP contribution in [0.1, 0.15) is 24.3 Å². The van der Waals surface area contributed by atoms with Crippen molar-refractivity contribution >= 4 is 21.4 Å². The second-order valence-electron chi connectivity index (χ2n) is 3.78. The minimum absolute atomic E-state index is 0.186. The lowest BCUT2D eigenvalue weighted by Gasteiger charge is -2.11. The lowest BCUT2D eigenvalue weighted by atomic mass is 10.2. The van der Waals surface area contributed by atoms with E-state index in [0.717, 1.165) is 5.56 Å². The average Bonchev–Trinajstić information content (AvgIpc) is 3.00. The molecule has 5 nitrogen and oxygen atoms in total. The number of sulfonamides is 1. The highest BCUT2D eigenvalue weighted by Crippen LogP contribution is 2.20. The molecule has 7 heteroatoms. The first-order valence-corrected chi connectivity index (χ1v) is 7.69. The Labute approximate surface area is 109 Å². The van der Waals surface area contributed by atoms with Crippen LogP contribution in [0.5, 0.6) is 0 Å². The predicted octanol–water partition coefficient (Wildman–Crippen LogP) is 1.87. The van der Waals surface area contributed by atoms with Crippen molar-refractivity contribution in [2.45, 2.75) is 24.7 Å². The summed E-state index contributed by atoms with van der Waals surface area (Å²) < 4.78 is 31.5. The van der Waals surface area contributed by atoms with E-state index in [4.69, 9.17) is 9.52 Å². The molecule has 0 aliphatic carbocycles. The van der Waals surface area contributed by atoms with E-state index in [0.29, 0.717) is 0 Å². The summed E-state index contributed by atoms with van der Waals surface area (Å²) in [4.78, 5) is 0. The zero-order valence-corrected chi connectivity index (χ0v) is 11.3. The Morgan fingerprint density at radius 3 is 2.78 bits per heavy atom. The highest BCUT2D eigenvalue weighted by molar-refractivity contribution is 7.89. The molecular weight excluding hydrogens is 274 g/mol. The largest absolute Gasteiger partial charge is 0.446 e. The summed E-state index contributed by atoms with van der Waals surface area (Å²) in [6, 6.07) is 4.29. The maximum Gasteiger partial charge on any atom is 0.274 e. The molecule has 18 heavy (non-hydrogen) atoms. The van der Waals surface area contributed by atoms with Gasteiger partial charge in [0.1, 0.15) is 12.4 Å². The summed E-state index contributed by atoms with van der Waals surface area (Å²) in [5.74, 6) is 0.221. The van der Waals surface area contributed by atoms with Crippen molar-refractivity contribution in [2.24, 2.45) is 0 Å². The number of aliphatic hydroxyl groups excluding tert-OH is 1. The number of furan rings is 1. The molecule has 98 valence electrons. The minimum atomic E-state index is -3.70. The van der Waals surface area contributed by atoms with Gasteiger partial charge < -0.3 is 9.52 Å². The highest BCUT2D eigenvalue weighted by Gasteiger charge is 2.22. The quantitative estimate of drug-likeness (QED) is 0.880. The lowest BCUT2D eigenvalue weighted by Crippen LogP contribution is -2.26. The van der Waals surface area contributed by atoms with E-state index in [9.17, 15) is 8.42 Å². The van der Waals surface area contributed by atoms with Gasteiger partial charge in [-0.15, -0.1) is 0 Å². The van der Waals surface area contributed by atoms with E-state index in [1.165, 1.54) is 23.5 Å². The Morgan fingerprint density at radius 1 is 1.44 bits per heavy atom. The van der Waals surface area contributed by atoms with Gasteiger partial charge in [0, 0.05) is 6.04 Å². The first-order chi connectivity index (χ1) is 8.53. The Balaban J connectivity index is 2.17. The summed E-state index contributed by atoms with van der Waals surface area (Å²) in [6.45, 7) is 1.44. The Bertz CT molecular complexity index is 601. The van der Waals surface area contributed by atoms with Crippen LogP contribution in [0.3, 0.4) is 0 Å². The van der Waals surface area contributed by atoms with Crippen molar-refractivity contribution in [3.63, 3.8) is 0 Å². The van der Waals surface area contributed by atoms with E-state index < -0.39 is 10.0 Å². The summed E-state index contributed by atoms with van der Waals surface area (Å²) in [5.41, 5.74) is 0.900. The first kappa shape index (κ1) is 13.3. The van der Waals surface area contributed by atoms with Crippen molar-refractivity contribution in [3.05, 3.63) is 40.3 Å². The molecule has 0 fully saturated rings. The summed E-state index contributed by atoms with van der Waals surface area (Å²) in [7, 11) is -3.70. The zero-order chi connectivity index (χ0) is 13.2. The first-order valence-electron chi connectivity index (χ1n) is 5.27. The Hall–Kier alpha value is -1.15. The van der Waals surface area contributed by atoms with Crippen LogP contribution >= 0.6 is 11.3 Å². The van der Waals surface area contributed by atoms with Gasteiger partial charge in [-0.05, 0) is 41.4 Å². The van der Waals surface area contributed by atoms with Crippen molar-refractivity contribution in [3.8, 4) is 0 Å². The van der Waals surface area contributed by atoms with E-state index >= 15 is 0 Å². The third-order valence-corrected chi connectivity index (χ3v) is 4.55. The fraction of sp³-hybridized carbons (Fsp3) is 0.273. The molecule has 2 rings (SSSR count).